The lowest BCUT2D eigenvalue weighted by Gasteiger charge is -2.38. The van der Waals surface area contributed by atoms with Crippen LogP contribution in [0.1, 0.15) is 45.4 Å². The van der Waals surface area contributed by atoms with Crippen LogP contribution in [0.5, 0.6) is 0 Å². The molecule has 0 radical (unpaired) electrons. The number of urea groups is 1. The number of rotatable bonds is 4. The third kappa shape index (κ3) is 4.83. The van der Waals surface area contributed by atoms with Crippen molar-refractivity contribution in [2.45, 2.75) is 51.5 Å². The zero-order valence-electron chi connectivity index (χ0n) is 14.8. The largest absolute Gasteiger partial charge is 0.337 e. The van der Waals surface area contributed by atoms with Crippen LogP contribution in [0.15, 0.2) is 0 Å². The van der Waals surface area contributed by atoms with Gasteiger partial charge in [0.25, 0.3) is 0 Å². The first-order valence-electron chi connectivity index (χ1n) is 9.71. The van der Waals surface area contributed by atoms with Gasteiger partial charge in [0.05, 0.1) is 0 Å². The van der Waals surface area contributed by atoms with Gasteiger partial charge in [0.15, 0.2) is 0 Å². The molecule has 132 valence electrons. The quantitative estimate of drug-likeness (QED) is 0.860. The van der Waals surface area contributed by atoms with Crippen LogP contribution >= 0.6 is 0 Å². The van der Waals surface area contributed by atoms with E-state index in [-0.39, 0.29) is 6.03 Å². The molecule has 5 heteroatoms. The third-order valence-electron chi connectivity index (χ3n) is 5.89. The van der Waals surface area contributed by atoms with Gasteiger partial charge in [-0.3, -0.25) is 4.90 Å². The number of nitrogens with zero attached hydrogens (tertiary/aromatic N) is 3. The van der Waals surface area contributed by atoms with Crippen molar-refractivity contribution >= 4 is 6.03 Å². The summed E-state index contributed by atoms with van der Waals surface area (Å²) < 4.78 is 0. The molecule has 1 N–H and O–H groups in total. The third-order valence-corrected chi connectivity index (χ3v) is 5.89. The molecule has 2 saturated heterocycles. The summed E-state index contributed by atoms with van der Waals surface area (Å²) in [6.45, 7) is 10.4. The molecule has 1 unspecified atom stereocenters. The SMILES string of the molecule is CC1CCCN(CCNC(=O)N2CCN(C3CCCC3)CC2)C1. The Bertz CT molecular complexity index is 375. The monoisotopic (exact) mass is 322 g/mol. The number of likely N-dealkylation sites (tertiary alicyclic amines) is 1. The van der Waals surface area contributed by atoms with Crippen LogP contribution in [-0.2, 0) is 0 Å². The second-order valence-corrected chi connectivity index (χ2v) is 7.74. The lowest BCUT2D eigenvalue weighted by Crippen LogP contribution is -2.54. The van der Waals surface area contributed by atoms with Gasteiger partial charge in [-0.15, -0.1) is 0 Å². The fourth-order valence-corrected chi connectivity index (χ4v) is 4.48. The zero-order valence-corrected chi connectivity index (χ0v) is 14.8. The minimum atomic E-state index is 0.140. The van der Waals surface area contributed by atoms with Crippen LogP contribution in [0.2, 0.25) is 0 Å². The van der Waals surface area contributed by atoms with Crippen LogP contribution < -0.4 is 5.32 Å². The number of carbonyl (C=O) groups excluding carboxylic acids is 1. The number of piperazine rings is 1. The number of hydrogen-bond acceptors (Lipinski definition) is 3. The smallest absolute Gasteiger partial charge is 0.317 e. The van der Waals surface area contributed by atoms with E-state index in [2.05, 4.69) is 22.0 Å². The molecule has 23 heavy (non-hydrogen) atoms. The Balaban J connectivity index is 1.31. The summed E-state index contributed by atoms with van der Waals surface area (Å²) in [6, 6.07) is 0.933. The highest BCUT2D eigenvalue weighted by atomic mass is 16.2. The number of amides is 2. The average molecular weight is 322 g/mol. The van der Waals surface area contributed by atoms with E-state index >= 15 is 0 Å². The molecule has 2 aliphatic heterocycles. The fraction of sp³-hybridized carbons (Fsp3) is 0.944. The van der Waals surface area contributed by atoms with E-state index < -0.39 is 0 Å². The first-order chi connectivity index (χ1) is 11.2. The lowest BCUT2D eigenvalue weighted by atomic mass is 10.0. The van der Waals surface area contributed by atoms with E-state index in [1.807, 2.05) is 4.90 Å². The van der Waals surface area contributed by atoms with Crippen molar-refractivity contribution in [3.8, 4) is 0 Å². The second-order valence-electron chi connectivity index (χ2n) is 7.74. The van der Waals surface area contributed by atoms with Gasteiger partial charge in [0, 0.05) is 51.9 Å². The summed E-state index contributed by atoms with van der Waals surface area (Å²) in [6.07, 6.45) is 8.16. The average Bonchev–Trinajstić information content (AvgIpc) is 3.09. The summed E-state index contributed by atoms with van der Waals surface area (Å²) in [4.78, 5) is 19.4. The summed E-state index contributed by atoms with van der Waals surface area (Å²) in [5.41, 5.74) is 0. The topological polar surface area (TPSA) is 38.8 Å². The van der Waals surface area contributed by atoms with E-state index in [0.29, 0.717) is 0 Å². The Morgan fingerprint density at radius 1 is 1.00 bits per heavy atom. The first kappa shape index (κ1) is 17.0. The van der Waals surface area contributed by atoms with Crippen molar-refractivity contribution in [2.75, 3.05) is 52.4 Å². The molecule has 0 aromatic heterocycles. The molecular formula is C18H34N4O. The molecule has 1 aliphatic carbocycles. The van der Waals surface area contributed by atoms with E-state index in [0.717, 1.165) is 51.2 Å². The van der Waals surface area contributed by atoms with Crippen LogP contribution in [-0.4, -0.2) is 79.1 Å². The van der Waals surface area contributed by atoms with Gasteiger partial charge in [-0.05, 0) is 38.1 Å². The normalized spacial score (nSPS) is 28.2. The molecule has 2 heterocycles. The summed E-state index contributed by atoms with van der Waals surface area (Å²) in [5, 5.41) is 3.13. The van der Waals surface area contributed by atoms with Crippen LogP contribution in [0, 0.1) is 5.92 Å². The van der Waals surface area contributed by atoms with E-state index in [9.17, 15) is 4.79 Å². The van der Waals surface area contributed by atoms with Gasteiger partial charge in [-0.1, -0.05) is 19.8 Å². The van der Waals surface area contributed by atoms with Crippen LogP contribution in [0.3, 0.4) is 0 Å². The molecule has 0 aromatic rings. The van der Waals surface area contributed by atoms with Gasteiger partial charge >= 0.3 is 6.03 Å². The molecule has 0 bridgehead atoms. The summed E-state index contributed by atoms with van der Waals surface area (Å²) in [7, 11) is 0. The van der Waals surface area contributed by atoms with Crippen molar-refractivity contribution < 1.29 is 4.79 Å². The Kier molecular flexibility index (Phi) is 6.17. The van der Waals surface area contributed by atoms with Crippen LogP contribution in [0.4, 0.5) is 4.79 Å². The van der Waals surface area contributed by atoms with Gasteiger partial charge < -0.3 is 15.1 Å². The second kappa shape index (κ2) is 8.34. The summed E-state index contributed by atoms with van der Waals surface area (Å²) >= 11 is 0. The molecule has 3 aliphatic rings. The minimum absolute atomic E-state index is 0.140. The van der Waals surface area contributed by atoms with Gasteiger partial charge in [0.1, 0.15) is 0 Å². The molecule has 5 nitrogen and oxygen atoms in total. The van der Waals surface area contributed by atoms with Crippen molar-refractivity contribution in [1.29, 1.82) is 0 Å². The molecular weight excluding hydrogens is 288 g/mol. The van der Waals surface area contributed by atoms with Crippen LogP contribution in [0.25, 0.3) is 0 Å². The lowest BCUT2D eigenvalue weighted by molar-refractivity contribution is 0.109. The van der Waals surface area contributed by atoms with Gasteiger partial charge in [0.2, 0.25) is 0 Å². The van der Waals surface area contributed by atoms with Crippen molar-refractivity contribution in [2.24, 2.45) is 5.92 Å². The predicted octanol–water partition coefficient (Wildman–Crippen LogP) is 1.99. The van der Waals surface area contributed by atoms with Crippen molar-refractivity contribution in [1.82, 2.24) is 20.0 Å². The van der Waals surface area contributed by atoms with Crippen molar-refractivity contribution in [3.05, 3.63) is 0 Å². The molecule has 1 atom stereocenters. The standard InChI is InChI=1S/C18H34N4O/c1-16-5-4-9-20(15-16)10-8-19-18(23)22-13-11-21(12-14-22)17-6-2-3-7-17/h16-17H,2-15H2,1H3,(H,19,23). The number of nitrogens with one attached hydrogen (secondary N) is 1. The maximum absolute atomic E-state index is 12.3. The molecule has 1 saturated carbocycles. The zero-order chi connectivity index (χ0) is 16.1. The molecule has 2 amide bonds. The molecule has 0 aromatic carbocycles. The molecule has 3 rings (SSSR count). The Labute approximate surface area is 141 Å². The number of carbonyl (C=O) groups is 1. The first-order valence-corrected chi connectivity index (χ1v) is 9.71. The molecule has 0 spiro atoms. The van der Waals surface area contributed by atoms with Gasteiger partial charge in [-0.2, -0.15) is 0 Å². The van der Waals surface area contributed by atoms with E-state index in [1.165, 1.54) is 51.6 Å². The van der Waals surface area contributed by atoms with Crippen molar-refractivity contribution in [3.63, 3.8) is 0 Å². The number of hydrogen-bond donors (Lipinski definition) is 1. The van der Waals surface area contributed by atoms with Gasteiger partial charge in [-0.25, -0.2) is 4.79 Å². The number of piperidine rings is 1. The Morgan fingerprint density at radius 3 is 2.43 bits per heavy atom. The molecule has 3 fully saturated rings. The minimum Gasteiger partial charge on any atom is -0.337 e. The predicted molar refractivity (Wildman–Crippen MR) is 93.6 cm³/mol. The Morgan fingerprint density at radius 2 is 1.74 bits per heavy atom. The highest BCUT2D eigenvalue weighted by Gasteiger charge is 2.27. The maximum Gasteiger partial charge on any atom is 0.317 e. The van der Waals surface area contributed by atoms with E-state index in [4.69, 9.17) is 0 Å². The highest BCUT2D eigenvalue weighted by Crippen LogP contribution is 2.24. The fourth-order valence-electron chi connectivity index (χ4n) is 4.48. The highest BCUT2D eigenvalue weighted by molar-refractivity contribution is 5.74. The Hall–Kier alpha value is -0.810. The van der Waals surface area contributed by atoms with E-state index in [1.54, 1.807) is 0 Å². The summed E-state index contributed by atoms with van der Waals surface area (Å²) in [5.74, 6) is 0.808. The maximum atomic E-state index is 12.3.